The molecule has 1 aliphatic heterocycles. The summed E-state index contributed by atoms with van der Waals surface area (Å²) in [6, 6.07) is 6.51. The molecule has 1 unspecified atom stereocenters. The first kappa shape index (κ1) is 17.8. The zero-order chi connectivity index (χ0) is 16.7. The summed E-state index contributed by atoms with van der Waals surface area (Å²) in [4.78, 5) is 7.00. The molecule has 0 amide bonds. The number of rotatable bonds is 5. The highest BCUT2D eigenvalue weighted by atomic mass is 16.5. The standard InChI is InChI=1S/C18H30N4O/c1-5-19-18(21-12-17-13-22(4)8-9-23-17)20-11-16-7-6-14(2)10-15(16)3/h6-7,10,17H,5,8-9,11-13H2,1-4H3,(H2,19,20,21). The van der Waals surface area contributed by atoms with Gasteiger partial charge in [0.15, 0.2) is 5.96 Å². The van der Waals surface area contributed by atoms with Crippen molar-refractivity contribution >= 4 is 5.96 Å². The van der Waals surface area contributed by atoms with Gasteiger partial charge in [-0.1, -0.05) is 23.8 Å². The highest BCUT2D eigenvalue weighted by Crippen LogP contribution is 2.11. The largest absolute Gasteiger partial charge is 0.374 e. The van der Waals surface area contributed by atoms with Crippen LogP contribution in [0.25, 0.3) is 0 Å². The Morgan fingerprint density at radius 1 is 1.35 bits per heavy atom. The van der Waals surface area contributed by atoms with Crippen molar-refractivity contribution in [1.82, 2.24) is 15.5 Å². The Labute approximate surface area is 140 Å². The van der Waals surface area contributed by atoms with Gasteiger partial charge in [-0.25, -0.2) is 4.99 Å². The zero-order valence-electron chi connectivity index (χ0n) is 14.9. The fourth-order valence-electron chi connectivity index (χ4n) is 2.73. The molecule has 1 fully saturated rings. The van der Waals surface area contributed by atoms with Gasteiger partial charge in [0, 0.05) is 26.2 Å². The number of hydrogen-bond donors (Lipinski definition) is 2. The molecule has 2 N–H and O–H groups in total. The van der Waals surface area contributed by atoms with Crippen molar-refractivity contribution < 1.29 is 4.74 Å². The molecule has 0 spiro atoms. The molecule has 1 heterocycles. The van der Waals surface area contributed by atoms with Gasteiger partial charge in [-0.05, 0) is 38.9 Å². The van der Waals surface area contributed by atoms with Crippen molar-refractivity contribution in [3.63, 3.8) is 0 Å². The van der Waals surface area contributed by atoms with Gasteiger partial charge in [-0.2, -0.15) is 0 Å². The lowest BCUT2D eigenvalue weighted by molar-refractivity contribution is -0.0161. The molecular weight excluding hydrogens is 288 g/mol. The highest BCUT2D eigenvalue weighted by molar-refractivity contribution is 5.79. The van der Waals surface area contributed by atoms with E-state index in [4.69, 9.17) is 9.73 Å². The molecule has 0 bridgehead atoms. The lowest BCUT2D eigenvalue weighted by Crippen LogP contribution is -2.48. The Morgan fingerprint density at radius 2 is 2.17 bits per heavy atom. The Hall–Kier alpha value is -1.59. The first-order valence-electron chi connectivity index (χ1n) is 8.47. The zero-order valence-corrected chi connectivity index (χ0v) is 14.9. The third kappa shape index (κ3) is 5.84. The molecule has 0 aromatic heterocycles. The lowest BCUT2D eigenvalue weighted by Gasteiger charge is -2.30. The first-order valence-corrected chi connectivity index (χ1v) is 8.47. The van der Waals surface area contributed by atoms with E-state index in [0.29, 0.717) is 6.54 Å². The highest BCUT2D eigenvalue weighted by Gasteiger charge is 2.17. The van der Waals surface area contributed by atoms with Crippen molar-refractivity contribution in [3.05, 3.63) is 34.9 Å². The summed E-state index contributed by atoms with van der Waals surface area (Å²) < 4.78 is 5.79. The Bertz CT molecular complexity index is 530. The predicted octanol–water partition coefficient (Wildman–Crippen LogP) is 1.69. The number of aliphatic imine (C=N–C) groups is 1. The molecule has 5 nitrogen and oxygen atoms in total. The number of morpholine rings is 1. The summed E-state index contributed by atoms with van der Waals surface area (Å²) in [5, 5.41) is 6.70. The van der Waals surface area contributed by atoms with Gasteiger partial charge in [-0.3, -0.25) is 0 Å². The third-order valence-electron chi connectivity index (χ3n) is 4.09. The van der Waals surface area contributed by atoms with Crippen LogP contribution < -0.4 is 10.6 Å². The average Bonchev–Trinajstić information content (AvgIpc) is 2.51. The maximum Gasteiger partial charge on any atom is 0.191 e. The number of likely N-dealkylation sites (N-methyl/N-ethyl adjacent to an activating group) is 1. The van der Waals surface area contributed by atoms with E-state index in [0.717, 1.165) is 38.7 Å². The average molecular weight is 318 g/mol. The van der Waals surface area contributed by atoms with Crippen LogP contribution in [0.5, 0.6) is 0 Å². The van der Waals surface area contributed by atoms with Gasteiger partial charge in [0.2, 0.25) is 0 Å². The van der Waals surface area contributed by atoms with E-state index < -0.39 is 0 Å². The SMILES string of the molecule is CCNC(=NCc1ccc(C)cc1C)NCC1CN(C)CCO1. The molecule has 0 radical (unpaired) electrons. The van der Waals surface area contributed by atoms with Gasteiger partial charge in [0.25, 0.3) is 0 Å². The van der Waals surface area contributed by atoms with Crippen LogP contribution >= 0.6 is 0 Å². The third-order valence-corrected chi connectivity index (χ3v) is 4.09. The topological polar surface area (TPSA) is 48.9 Å². The van der Waals surface area contributed by atoms with Crippen LogP contribution in [0.3, 0.4) is 0 Å². The van der Waals surface area contributed by atoms with E-state index in [9.17, 15) is 0 Å². The minimum absolute atomic E-state index is 0.221. The monoisotopic (exact) mass is 318 g/mol. The van der Waals surface area contributed by atoms with Gasteiger partial charge in [0.05, 0.1) is 19.3 Å². The van der Waals surface area contributed by atoms with E-state index in [2.05, 4.69) is 61.6 Å². The number of aryl methyl sites for hydroxylation is 2. The molecule has 0 aliphatic carbocycles. The van der Waals surface area contributed by atoms with Crippen LogP contribution in [0, 0.1) is 13.8 Å². The van der Waals surface area contributed by atoms with Crippen LogP contribution in [0.15, 0.2) is 23.2 Å². The van der Waals surface area contributed by atoms with Crippen LogP contribution in [0.4, 0.5) is 0 Å². The Kier molecular flexibility index (Phi) is 6.86. The number of benzene rings is 1. The Morgan fingerprint density at radius 3 is 2.87 bits per heavy atom. The van der Waals surface area contributed by atoms with Crippen molar-refractivity contribution in [2.75, 3.05) is 39.8 Å². The summed E-state index contributed by atoms with van der Waals surface area (Å²) >= 11 is 0. The van der Waals surface area contributed by atoms with Crippen molar-refractivity contribution in [1.29, 1.82) is 0 Å². The van der Waals surface area contributed by atoms with Gasteiger partial charge in [0.1, 0.15) is 0 Å². The predicted molar refractivity (Wildman–Crippen MR) is 96.0 cm³/mol. The number of nitrogens with one attached hydrogen (secondary N) is 2. The van der Waals surface area contributed by atoms with Crippen LogP contribution in [-0.2, 0) is 11.3 Å². The van der Waals surface area contributed by atoms with E-state index in [1.54, 1.807) is 0 Å². The van der Waals surface area contributed by atoms with Crippen LogP contribution in [0.2, 0.25) is 0 Å². The van der Waals surface area contributed by atoms with Crippen LogP contribution in [-0.4, -0.2) is 56.8 Å². The molecule has 1 aliphatic rings. The second kappa shape index (κ2) is 8.89. The molecule has 23 heavy (non-hydrogen) atoms. The van der Waals surface area contributed by atoms with E-state index >= 15 is 0 Å². The van der Waals surface area contributed by atoms with Crippen molar-refractivity contribution in [3.8, 4) is 0 Å². The number of guanidine groups is 1. The molecular formula is C18H30N4O. The van der Waals surface area contributed by atoms with Crippen LogP contribution in [0.1, 0.15) is 23.6 Å². The maximum atomic E-state index is 5.79. The molecule has 0 saturated carbocycles. The molecule has 1 aromatic rings. The molecule has 1 atom stereocenters. The summed E-state index contributed by atoms with van der Waals surface area (Å²) in [5.74, 6) is 0.851. The Balaban J connectivity index is 1.91. The molecule has 1 saturated heterocycles. The molecule has 128 valence electrons. The van der Waals surface area contributed by atoms with E-state index in [-0.39, 0.29) is 6.10 Å². The summed E-state index contributed by atoms with van der Waals surface area (Å²) in [5.41, 5.74) is 3.85. The molecule has 2 rings (SSSR count). The van der Waals surface area contributed by atoms with E-state index in [1.807, 2.05) is 0 Å². The fourth-order valence-corrected chi connectivity index (χ4v) is 2.73. The molecule has 5 heteroatoms. The first-order chi connectivity index (χ1) is 11.1. The smallest absolute Gasteiger partial charge is 0.191 e. The summed E-state index contributed by atoms with van der Waals surface area (Å²) in [6.45, 7) is 11.4. The number of hydrogen-bond acceptors (Lipinski definition) is 3. The minimum atomic E-state index is 0.221. The van der Waals surface area contributed by atoms with Gasteiger partial charge < -0.3 is 20.3 Å². The summed E-state index contributed by atoms with van der Waals surface area (Å²) in [7, 11) is 2.13. The van der Waals surface area contributed by atoms with Crippen molar-refractivity contribution in [2.45, 2.75) is 33.4 Å². The van der Waals surface area contributed by atoms with E-state index in [1.165, 1.54) is 16.7 Å². The molecule has 1 aromatic carbocycles. The number of ether oxygens (including phenoxy) is 1. The quantitative estimate of drug-likeness (QED) is 0.641. The second-order valence-corrected chi connectivity index (χ2v) is 6.26. The maximum absolute atomic E-state index is 5.79. The number of nitrogens with zero attached hydrogens (tertiary/aromatic N) is 2. The van der Waals surface area contributed by atoms with Crippen molar-refractivity contribution in [2.24, 2.45) is 4.99 Å². The minimum Gasteiger partial charge on any atom is -0.374 e. The normalized spacial score (nSPS) is 19.7. The summed E-state index contributed by atoms with van der Waals surface area (Å²) in [6.07, 6.45) is 0.221. The second-order valence-electron chi connectivity index (χ2n) is 6.26. The van der Waals surface area contributed by atoms with Gasteiger partial charge in [-0.15, -0.1) is 0 Å². The fraction of sp³-hybridized carbons (Fsp3) is 0.611. The lowest BCUT2D eigenvalue weighted by atomic mass is 10.1. The van der Waals surface area contributed by atoms with Gasteiger partial charge >= 0.3 is 0 Å².